The third-order valence-corrected chi connectivity index (χ3v) is 4.14. The summed E-state index contributed by atoms with van der Waals surface area (Å²) in [6, 6.07) is 4.19. The first-order valence-electron chi connectivity index (χ1n) is 8.13. The first-order chi connectivity index (χ1) is 10.4. The van der Waals surface area contributed by atoms with Crippen LogP contribution in [0.25, 0.3) is 11.0 Å². The van der Waals surface area contributed by atoms with E-state index < -0.39 is 0 Å². The highest BCUT2D eigenvalue weighted by molar-refractivity contribution is 5.83. The molecule has 0 atom stereocenters. The Morgan fingerprint density at radius 1 is 1.05 bits per heavy atom. The number of nitrogens with zero attached hydrogens (tertiary/aromatic N) is 2. The Hall–Kier alpha value is -1.71. The Bertz CT molecular complexity index is 638. The van der Waals surface area contributed by atoms with Gasteiger partial charge >= 0.3 is 0 Å². The zero-order valence-corrected chi connectivity index (χ0v) is 14.1. The van der Waals surface area contributed by atoms with E-state index in [9.17, 15) is 4.79 Å². The van der Waals surface area contributed by atoms with E-state index >= 15 is 0 Å². The van der Waals surface area contributed by atoms with Crippen molar-refractivity contribution in [3.05, 3.63) is 23.3 Å². The summed E-state index contributed by atoms with van der Waals surface area (Å²) in [4.78, 5) is 11.8. The molecule has 2 aromatic rings. The number of carbonyl (C=O) groups excluding carboxylic acids is 1. The molecule has 0 unspecified atom stereocenters. The predicted octanol–water partition coefficient (Wildman–Crippen LogP) is 4.64. The molecule has 1 heterocycles. The molecular weight excluding hydrogens is 276 g/mol. The van der Waals surface area contributed by atoms with Crippen LogP contribution in [0.4, 0.5) is 0 Å². The minimum absolute atomic E-state index is 0.201. The summed E-state index contributed by atoms with van der Waals surface area (Å²) in [5.41, 5.74) is 3.86. The highest BCUT2D eigenvalue weighted by atomic mass is 16.6. The molecule has 4 nitrogen and oxygen atoms in total. The lowest BCUT2D eigenvalue weighted by molar-refractivity contribution is -0.126. The molecule has 1 aromatic heterocycles. The SMILES string of the molecule is Cc1ccc(CCCCCCC(=O)C(C)(C)C)c2nonc12. The minimum Gasteiger partial charge on any atom is -0.299 e. The number of aryl methyl sites for hydroxylation is 2. The van der Waals surface area contributed by atoms with Crippen molar-refractivity contribution < 1.29 is 9.42 Å². The lowest BCUT2D eigenvalue weighted by Crippen LogP contribution is -2.19. The number of hydrogen-bond acceptors (Lipinski definition) is 4. The maximum absolute atomic E-state index is 11.8. The van der Waals surface area contributed by atoms with E-state index in [4.69, 9.17) is 4.63 Å². The molecule has 0 spiro atoms. The number of Topliss-reactive ketones (excluding diaryl/α,β-unsaturated/α-hetero) is 1. The fourth-order valence-corrected chi connectivity index (χ4v) is 2.57. The largest absolute Gasteiger partial charge is 0.299 e. The van der Waals surface area contributed by atoms with Crippen molar-refractivity contribution in [2.24, 2.45) is 5.41 Å². The summed E-state index contributed by atoms with van der Waals surface area (Å²) in [5.74, 6) is 0.362. The van der Waals surface area contributed by atoms with Crippen molar-refractivity contribution in [1.29, 1.82) is 0 Å². The summed E-state index contributed by atoms with van der Waals surface area (Å²) in [6.45, 7) is 7.99. The van der Waals surface area contributed by atoms with E-state index in [2.05, 4.69) is 22.4 Å². The van der Waals surface area contributed by atoms with Crippen LogP contribution in [0, 0.1) is 12.3 Å². The van der Waals surface area contributed by atoms with Crippen LogP contribution in [-0.2, 0) is 11.2 Å². The van der Waals surface area contributed by atoms with Gasteiger partial charge in [-0.3, -0.25) is 4.79 Å². The van der Waals surface area contributed by atoms with Gasteiger partial charge in [0.1, 0.15) is 16.8 Å². The fraction of sp³-hybridized carbons (Fsp3) is 0.611. The highest BCUT2D eigenvalue weighted by Gasteiger charge is 2.19. The van der Waals surface area contributed by atoms with Crippen molar-refractivity contribution >= 4 is 16.8 Å². The minimum atomic E-state index is -0.201. The van der Waals surface area contributed by atoms with E-state index in [-0.39, 0.29) is 5.41 Å². The quantitative estimate of drug-likeness (QED) is 0.699. The van der Waals surface area contributed by atoms with Gasteiger partial charge in [0.15, 0.2) is 0 Å². The third-order valence-electron chi connectivity index (χ3n) is 4.14. The zero-order chi connectivity index (χ0) is 16.2. The fourth-order valence-electron chi connectivity index (χ4n) is 2.57. The molecule has 2 rings (SSSR count). The van der Waals surface area contributed by atoms with E-state index in [1.54, 1.807) is 0 Å². The number of unbranched alkanes of at least 4 members (excludes halogenated alkanes) is 3. The maximum atomic E-state index is 11.8. The Kier molecular flexibility index (Phi) is 5.33. The molecule has 0 N–H and O–H groups in total. The Balaban J connectivity index is 1.74. The molecule has 0 saturated carbocycles. The van der Waals surface area contributed by atoms with Gasteiger partial charge < -0.3 is 0 Å². The molecule has 0 fully saturated rings. The van der Waals surface area contributed by atoms with Gasteiger partial charge in [0, 0.05) is 11.8 Å². The summed E-state index contributed by atoms with van der Waals surface area (Å²) in [5, 5.41) is 7.97. The number of benzene rings is 1. The van der Waals surface area contributed by atoms with Gasteiger partial charge in [-0.15, -0.1) is 0 Å². The molecule has 0 bridgehead atoms. The number of rotatable bonds is 7. The molecule has 0 aliphatic carbocycles. The van der Waals surface area contributed by atoms with Gasteiger partial charge in [-0.25, -0.2) is 4.63 Å². The van der Waals surface area contributed by atoms with Crippen molar-refractivity contribution in [3.63, 3.8) is 0 Å². The number of fused-ring (bicyclic) bond motifs is 1. The molecule has 0 amide bonds. The number of ketones is 1. The van der Waals surface area contributed by atoms with E-state index in [0.29, 0.717) is 12.2 Å². The summed E-state index contributed by atoms with van der Waals surface area (Å²) in [6.07, 6.45) is 6.02. The summed E-state index contributed by atoms with van der Waals surface area (Å²) in [7, 11) is 0. The number of carbonyl (C=O) groups is 1. The van der Waals surface area contributed by atoms with Crippen LogP contribution < -0.4 is 0 Å². The van der Waals surface area contributed by atoms with E-state index in [1.807, 2.05) is 27.7 Å². The van der Waals surface area contributed by atoms with Crippen LogP contribution in [0.5, 0.6) is 0 Å². The first-order valence-corrected chi connectivity index (χ1v) is 8.13. The smallest absolute Gasteiger partial charge is 0.138 e. The van der Waals surface area contributed by atoms with Crippen molar-refractivity contribution in [2.45, 2.75) is 66.2 Å². The molecule has 4 heteroatoms. The molecular formula is C18H26N2O2. The Morgan fingerprint density at radius 2 is 1.73 bits per heavy atom. The van der Waals surface area contributed by atoms with Gasteiger partial charge in [0.2, 0.25) is 0 Å². The van der Waals surface area contributed by atoms with Crippen molar-refractivity contribution in [1.82, 2.24) is 10.3 Å². The molecule has 0 radical (unpaired) electrons. The molecule has 1 aromatic carbocycles. The van der Waals surface area contributed by atoms with Gasteiger partial charge in [-0.2, -0.15) is 0 Å². The van der Waals surface area contributed by atoms with Gasteiger partial charge in [-0.05, 0) is 47.6 Å². The van der Waals surface area contributed by atoms with Crippen LogP contribution >= 0.6 is 0 Å². The molecule has 0 aliphatic heterocycles. The number of aromatic nitrogens is 2. The maximum Gasteiger partial charge on any atom is 0.138 e. The molecule has 22 heavy (non-hydrogen) atoms. The van der Waals surface area contributed by atoms with Crippen LogP contribution in [0.15, 0.2) is 16.8 Å². The second-order valence-corrected chi connectivity index (χ2v) is 7.09. The summed E-state index contributed by atoms with van der Waals surface area (Å²) >= 11 is 0. The normalized spacial score (nSPS) is 12.0. The third kappa shape index (κ3) is 4.15. The van der Waals surface area contributed by atoms with Crippen LogP contribution in [0.2, 0.25) is 0 Å². The molecule has 120 valence electrons. The Labute approximate surface area is 132 Å². The van der Waals surface area contributed by atoms with Crippen LogP contribution in [0.1, 0.15) is 64.0 Å². The predicted molar refractivity (Wildman–Crippen MR) is 87.8 cm³/mol. The van der Waals surface area contributed by atoms with Crippen LogP contribution in [0.3, 0.4) is 0 Å². The summed E-state index contributed by atoms with van der Waals surface area (Å²) < 4.78 is 4.85. The zero-order valence-electron chi connectivity index (χ0n) is 14.1. The van der Waals surface area contributed by atoms with E-state index in [0.717, 1.165) is 48.7 Å². The Morgan fingerprint density at radius 3 is 2.45 bits per heavy atom. The standard InChI is InChI=1S/C18H26N2O2/c1-13-11-12-14(17-16(13)19-22-20-17)9-7-5-6-8-10-15(21)18(2,3)4/h11-12H,5-10H2,1-4H3. The van der Waals surface area contributed by atoms with Crippen LogP contribution in [-0.4, -0.2) is 16.1 Å². The first kappa shape index (κ1) is 16.7. The monoisotopic (exact) mass is 302 g/mol. The second kappa shape index (κ2) is 7.03. The lowest BCUT2D eigenvalue weighted by Gasteiger charge is -2.16. The average molecular weight is 302 g/mol. The number of hydrogen-bond donors (Lipinski definition) is 0. The van der Waals surface area contributed by atoms with Gasteiger partial charge in [0.05, 0.1) is 0 Å². The molecule has 0 aliphatic rings. The topological polar surface area (TPSA) is 56.0 Å². The molecule has 0 saturated heterocycles. The van der Waals surface area contributed by atoms with Crippen molar-refractivity contribution in [3.8, 4) is 0 Å². The average Bonchev–Trinajstić information content (AvgIpc) is 2.94. The van der Waals surface area contributed by atoms with E-state index in [1.165, 1.54) is 5.56 Å². The highest BCUT2D eigenvalue weighted by Crippen LogP contribution is 2.22. The van der Waals surface area contributed by atoms with Crippen molar-refractivity contribution in [2.75, 3.05) is 0 Å². The van der Waals surface area contributed by atoms with Gasteiger partial charge in [0.25, 0.3) is 0 Å². The van der Waals surface area contributed by atoms with Gasteiger partial charge in [-0.1, -0.05) is 45.7 Å². The lowest BCUT2D eigenvalue weighted by atomic mass is 9.87. The second-order valence-electron chi connectivity index (χ2n) is 7.09.